The van der Waals surface area contributed by atoms with E-state index in [1.165, 1.54) is 12.8 Å². The molecule has 1 saturated heterocycles. The first-order chi connectivity index (χ1) is 9.63. The Labute approximate surface area is 118 Å². The number of anilines is 1. The summed E-state index contributed by atoms with van der Waals surface area (Å²) in [4.78, 5) is 26.2. The van der Waals surface area contributed by atoms with Gasteiger partial charge in [-0.05, 0) is 12.8 Å². The molecule has 0 radical (unpaired) electrons. The fourth-order valence-corrected chi connectivity index (χ4v) is 3.21. The van der Waals surface area contributed by atoms with E-state index in [0.29, 0.717) is 24.7 Å². The van der Waals surface area contributed by atoms with Crippen LogP contribution >= 0.6 is 0 Å². The third-order valence-electron chi connectivity index (χ3n) is 4.27. The van der Waals surface area contributed by atoms with E-state index in [4.69, 9.17) is 0 Å². The van der Waals surface area contributed by atoms with E-state index >= 15 is 0 Å². The molecule has 6 heteroatoms. The number of aromatic nitrogens is 2. The summed E-state index contributed by atoms with van der Waals surface area (Å²) in [5.41, 5.74) is 0.685. The van der Waals surface area contributed by atoms with E-state index in [9.17, 15) is 9.59 Å². The SMILES string of the molecule is Cn1cc(NC(=O)[C@@H]2CC(=O)N(C3CCCC3)C2)cn1. The maximum atomic E-state index is 12.2. The summed E-state index contributed by atoms with van der Waals surface area (Å²) in [6.07, 6.45) is 8.27. The van der Waals surface area contributed by atoms with Crippen molar-refractivity contribution >= 4 is 17.5 Å². The van der Waals surface area contributed by atoms with E-state index in [2.05, 4.69) is 10.4 Å². The fourth-order valence-electron chi connectivity index (χ4n) is 3.21. The maximum Gasteiger partial charge on any atom is 0.229 e. The summed E-state index contributed by atoms with van der Waals surface area (Å²) in [6.45, 7) is 0.565. The van der Waals surface area contributed by atoms with Crippen LogP contribution in [0.5, 0.6) is 0 Å². The van der Waals surface area contributed by atoms with Crippen LogP contribution in [0, 0.1) is 5.92 Å². The molecule has 1 saturated carbocycles. The molecular weight excluding hydrogens is 256 g/mol. The molecule has 1 atom stereocenters. The first kappa shape index (κ1) is 13.1. The van der Waals surface area contributed by atoms with Gasteiger partial charge in [-0.25, -0.2) is 0 Å². The Bertz CT molecular complexity index is 519. The lowest BCUT2D eigenvalue weighted by atomic mass is 10.1. The average Bonchev–Trinajstić information content (AvgIpc) is 3.10. The van der Waals surface area contributed by atoms with Crippen LogP contribution in [-0.2, 0) is 16.6 Å². The number of carbonyl (C=O) groups is 2. The van der Waals surface area contributed by atoms with Gasteiger partial charge in [-0.2, -0.15) is 5.10 Å². The molecule has 1 aromatic rings. The lowest BCUT2D eigenvalue weighted by Crippen LogP contribution is -2.35. The number of hydrogen-bond donors (Lipinski definition) is 1. The lowest BCUT2D eigenvalue weighted by molar-refractivity contribution is -0.129. The number of carbonyl (C=O) groups excluding carboxylic acids is 2. The van der Waals surface area contributed by atoms with Crippen molar-refractivity contribution in [3.8, 4) is 0 Å². The Hall–Kier alpha value is -1.85. The highest BCUT2D eigenvalue weighted by atomic mass is 16.2. The van der Waals surface area contributed by atoms with Crippen LogP contribution in [0.15, 0.2) is 12.4 Å². The third kappa shape index (κ3) is 2.55. The quantitative estimate of drug-likeness (QED) is 0.900. The molecule has 2 fully saturated rings. The highest BCUT2D eigenvalue weighted by molar-refractivity contribution is 5.97. The molecule has 3 rings (SSSR count). The van der Waals surface area contributed by atoms with Crippen LogP contribution in [0.1, 0.15) is 32.1 Å². The molecule has 0 bridgehead atoms. The predicted molar refractivity (Wildman–Crippen MR) is 73.9 cm³/mol. The highest BCUT2D eigenvalue weighted by Gasteiger charge is 2.38. The molecule has 0 unspecified atom stereocenters. The van der Waals surface area contributed by atoms with E-state index in [0.717, 1.165) is 12.8 Å². The van der Waals surface area contributed by atoms with Crippen molar-refractivity contribution < 1.29 is 9.59 Å². The lowest BCUT2D eigenvalue weighted by Gasteiger charge is -2.23. The van der Waals surface area contributed by atoms with Crippen molar-refractivity contribution in [1.29, 1.82) is 0 Å². The number of likely N-dealkylation sites (tertiary alicyclic amines) is 1. The van der Waals surface area contributed by atoms with Crippen LogP contribution in [-0.4, -0.2) is 39.1 Å². The van der Waals surface area contributed by atoms with Crippen LogP contribution < -0.4 is 5.32 Å². The molecule has 1 aliphatic heterocycles. The first-order valence-electron chi connectivity index (χ1n) is 7.22. The molecule has 6 nitrogen and oxygen atoms in total. The number of rotatable bonds is 3. The average molecular weight is 276 g/mol. The van der Waals surface area contributed by atoms with Crippen molar-refractivity contribution in [2.24, 2.45) is 13.0 Å². The zero-order valence-corrected chi connectivity index (χ0v) is 11.7. The van der Waals surface area contributed by atoms with Gasteiger partial charge in [0.25, 0.3) is 0 Å². The summed E-state index contributed by atoms with van der Waals surface area (Å²) >= 11 is 0. The minimum atomic E-state index is -0.233. The Balaban J connectivity index is 1.60. The largest absolute Gasteiger partial charge is 0.339 e. The monoisotopic (exact) mass is 276 g/mol. The van der Waals surface area contributed by atoms with Gasteiger partial charge in [0.15, 0.2) is 0 Å². The number of nitrogens with one attached hydrogen (secondary N) is 1. The summed E-state index contributed by atoms with van der Waals surface area (Å²) < 4.78 is 1.64. The molecule has 108 valence electrons. The van der Waals surface area contributed by atoms with Crippen LogP contribution in [0.4, 0.5) is 5.69 Å². The Morgan fingerprint density at radius 3 is 2.80 bits per heavy atom. The molecule has 1 N–H and O–H groups in total. The van der Waals surface area contributed by atoms with Crippen LogP contribution in [0.2, 0.25) is 0 Å². The minimum Gasteiger partial charge on any atom is -0.339 e. The van der Waals surface area contributed by atoms with Gasteiger partial charge in [-0.15, -0.1) is 0 Å². The molecule has 2 aliphatic rings. The molecule has 2 heterocycles. The van der Waals surface area contributed by atoms with E-state index in [1.54, 1.807) is 24.1 Å². The second-order valence-corrected chi connectivity index (χ2v) is 5.78. The predicted octanol–water partition coefficient (Wildman–Crippen LogP) is 1.15. The van der Waals surface area contributed by atoms with Gasteiger partial charge in [0.1, 0.15) is 0 Å². The molecule has 1 aromatic heterocycles. The number of nitrogens with zero attached hydrogens (tertiary/aromatic N) is 3. The third-order valence-corrected chi connectivity index (χ3v) is 4.27. The summed E-state index contributed by atoms with van der Waals surface area (Å²) in [5, 5.41) is 6.85. The van der Waals surface area contributed by atoms with Gasteiger partial charge < -0.3 is 10.2 Å². The number of aryl methyl sites for hydroxylation is 1. The summed E-state index contributed by atoms with van der Waals surface area (Å²) in [6, 6.07) is 0.360. The van der Waals surface area contributed by atoms with E-state index in [1.807, 2.05) is 4.90 Å². The number of amides is 2. The van der Waals surface area contributed by atoms with E-state index < -0.39 is 0 Å². The van der Waals surface area contributed by atoms with E-state index in [-0.39, 0.29) is 17.7 Å². The van der Waals surface area contributed by atoms with Crippen LogP contribution in [0.3, 0.4) is 0 Å². The number of hydrogen-bond acceptors (Lipinski definition) is 3. The topological polar surface area (TPSA) is 67.2 Å². The maximum absolute atomic E-state index is 12.2. The second kappa shape index (κ2) is 5.26. The van der Waals surface area contributed by atoms with Crippen molar-refractivity contribution in [3.63, 3.8) is 0 Å². The van der Waals surface area contributed by atoms with Crippen LogP contribution in [0.25, 0.3) is 0 Å². The smallest absolute Gasteiger partial charge is 0.229 e. The van der Waals surface area contributed by atoms with Crippen molar-refractivity contribution in [1.82, 2.24) is 14.7 Å². The van der Waals surface area contributed by atoms with Gasteiger partial charge >= 0.3 is 0 Å². The molecule has 1 aliphatic carbocycles. The summed E-state index contributed by atoms with van der Waals surface area (Å²) in [7, 11) is 1.80. The zero-order chi connectivity index (χ0) is 14.1. The molecular formula is C14H20N4O2. The normalized spacial score (nSPS) is 23.6. The minimum absolute atomic E-state index is 0.0770. The Morgan fingerprint density at radius 1 is 1.40 bits per heavy atom. The van der Waals surface area contributed by atoms with Crippen molar-refractivity contribution in [2.45, 2.75) is 38.1 Å². The van der Waals surface area contributed by atoms with Gasteiger partial charge in [-0.3, -0.25) is 14.3 Å². The summed E-state index contributed by atoms with van der Waals surface area (Å²) in [5.74, 6) is -0.182. The van der Waals surface area contributed by atoms with Gasteiger partial charge in [0, 0.05) is 32.3 Å². The van der Waals surface area contributed by atoms with Gasteiger partial charge in [-0.1, -0.05) is 12.8 Å². The fraction of sp³-hybridized carbons (Fsp3) is 0.643. The Kier molecular flexibility index (Phi) is 3.46. The van der Waals surface area contributed by atoms with Gasteiger partial charge in [0.05, 0.1) is 17.8 Å². The molecule has 20 heavy (non-hydrogen) atoms. The standard InChI is InChI=1S/C14H20N4O2/c1-17-9-11(7-15-17)16-14(20)10-6-13(19)18(8-10)12-4-2-3-5-12/h7,9-10,12H,2-6,8H2,1H3,(H,16,20)/t10-/m1/s1. The molecule has 0 spiro atoms. The molecule has 0 aromatic carbocycles. The Morgan fingerprint density at radius 2 is 2.15 bits per heavy atom. The first-order valence-corrected chi connectivity index (χ1v) is 7.22. The zero-order valence-electron chi connectivity index (χ0n) is 11.7. The highest BCUT2D eigenvalue weighted by Crippen LogP contribution is 2.29. The van der Waals surface area contributed by atoms with Gasteiger partial charge in [0.2, 0.25) is 11.8 Å². The molecule has 2 amide bonds. The second-order valence-electron chi connectivity index (χ2n) is 5.78. The van der Waals surface area contributed by atoms with Crippen molar-refractivity contribution in [3.05, 3.63) is 12.4 Å². The van der Waals surface area contributed by atoms with Crippen molar-refractivity contribution in [2.75, 3.05) is 11.9 Å².